The Morgan fingerprint density at radius 3 is 2.71 bits per heavy atom. The summed E-state index contributed by atoms with van der Waals surface area (Å²) in [5.41, 5.74) is 0.733. The van der Waals surface area contributed by atoms with Gasteiger partial charge in [0.2, 0.25) is 0 Å². The molecular formula is C10H12N2O2. The maximum absolute atomic E-state index is 10.9. The fourth-order valence-corrected chi connectivity index (χ4v) is 0.876. The largest absolute Gasteiger partial charge is 0.465 e. The van der Waals surface area contributed by atoms with E-state index < -0.39 is 0 Å². The number of nitrogens with zero attached hydrogens (tertiary/aromatic N) is 2. The Kier molecular flexibility index (Phi) is 4.34. The summed E-state index contributed by atoms with van der Waals surface area (Å²) >= 11 is 0. The molecule has 0 N–H and O–H groups in total. The summed E-state index contributed by atoms with van der Waals surface area (Å²) < 4.78 is 4.69. The maximum Gasteiger partial charge on any atom is 0.329 e. The second-order valence-electron chi connectivity index (χ2n) is 2.54. The zero-order valence-corrected chi connectivity index (χ0v) is 8.01. The molecule has 0 atom stereocenters. The number of benzene rings is 1. The fourth-order valence-electron chi connectivity index (χ4n) is 0.876. The third-order valence-corrected chi connectivity index (χ3v) is 1.45. The first-order valence-electron chi connectivity index (χ1n) is 4.41. The van der Waals surface area contributed by atoms with Gasteiger partial charge in [-0.3, -0.25) is 0 Å². The van der Waals surface area contributed by atoms with Gasteiger partial charge in [-0.25, -0.2) is 4.79 Å². The summed E-state index contributed by atoms with van der Waals surface area (Å²) in [5.74, 6) is -0.354. The van der Waals surface area contributed by atoms with Crippen LogP contribution in [0, 0.1) is 0 Å². The highest BCUT2D eigenvalue weighted by Crippen LogP contribution is 2.09. The minimum atomic E-state index is -0.354. The predicted molar refractivity (Wildman–Crippen MR) is 52.5 cm³/mol. The first-order valence-corrected chi connectivity index (χ1v) is 4.41. The molecule has 0 saturated heterocycles. The topological polar surface area (TPSA) is 51.0 Å². The molecule has 0 aliphatic rings. The zero-order chi connectivity index (χ0) is 10.2. The zero-order valence-electron chi connectivity index (χ0n) is 8.01. The van der Waals surface area contributed by atoms with Crippen LogP contribution in [-0.2, 0) is 9.53 Å². The monoisotopic (exact) mass is 192 g/mol. The number of ether oxygens (including phenoxy) is 1. The average Bonchev–Trinajstić information content (AvgIpc) is 2.20. The number of hydrogen-bond donors (Lipinski definition) is 0. The average molecular weight is 192 g/mol. The Labute approximate surface area is 82.6 Å². The van der Waals surface area contributed by atoms with Gasteiger partial charge in [-0.15, -0.1) is 0 Å². The van der Waals surface area contributed by atoms with Crippen LogP contribution in [0.2, 0.25) is 0 Å². The summed E-state index contributed by atoms with van der Waals surface area (Å²) in [6, 6.07) is 9.24. The highest BCUT2D eigenvalue weighted by Gasteiger charge is 1.97. The molecule has 0 spiro atoms. The Bertz CT molecular complexity index is 309. The van der Waals surface area contributed by atoms with Gasteiger partial charge < -0.3 is 4.74 Å². The molecule has 1 rings (SSSR count). The lowest BCUT2D eigenvalue weighted by atomic mass is 10.3. The van der Waals surface area contributed by atoms with Crippen LogP contribution in [0.25, 0.3) is 0 Å². The molecule has 0 radical (unpaired) electrons. The lowest BCUT2D eigenvalue weighted by Gasteiger charge is -1.95. The van der Waals surface area contributed by atoms with E-state index in [0.29, 0.717) is 6.61 Å². The standard InChI is InChI=1S/C10H12N2O2/c1-2-14-10(13)8-11-12-9-6-4-3-5-7-9/h3-7H,2,8H2,1H3. The number of hydrogen-bond acceptors (Lipinski definition) is 4. The van der Waals surface area contributed by atoms with Gasteiger partial charge >= 0.3 is 5.97 Å². The van der Waals surface area contributed by atoms with Gasteiger partial charge in [0.05, 0.1) is 12.3 Å². The molecule has 14 heavy (non-hydrogen) atoms. The van der Waals surface area contributed by atoms with Crippen LogP contribution in [0.5, 0.6) is 0 Å². The van der Waals surface area contributed by atoms with Crippen molar-refractivity contribution in [3.05, 3.63) is 30.3 Å². The number of azo groups is 1. The van der Waals surface area contributed by atoms with E-state index in [0.717, 1.165) is 5.69 Å². The smallest absolute Gasteiger partial charge is 0.329 e. The Morgan fingerprint density at radius 2 is 2.07 bits per heavy atom. The highest BCUT2D eigenvalue weighted by molar-refractivity contribution is 5.71. The third kappa shape index (κ3) is 3.80. The van der Waals surface area contributed by atoms with Crippen molar-refractivity contribution in [1.82, 2.24) is 0 Å². The molecule has 1 aromatic carbocycles. The van der Waals surface area contributed by atoms with Gasteiger partial charge in [-0.05, 0) is 19.1 Å². The second-order valence-corrected chi connectivity index (χ2v) is 2.54. The highest BCUT2D eigenvalue weighted by atomic mass is 16.5. The molecule has 0 heterocycles. The van der Waals surface area contributed by atoms with Crippen LogP contribution < -0.4 is 0 Å². The Morgan fingerprint density at radius 1 is 1.36 bits per heavy atom. The van der Waals surface area contributed by atoms with Crippen molar-refractivity contribution in [2.45, 2.75) is 6.92 Å². The molecule has 0 aliphatic heterocycles. The van der Waals surface area contributed by atoms with Crippen molar-refractivity contribution in [3.8, 4) is 0 Å². The summed E-state index contributed by atoms with van der Waals surface area (Å²) in [5, 5.41) is 7.56. The van der Waals surface area contributed by atoms with Crippen LogP contribution in [-0.4, -0.2) is 19.1 Å². The summed E-state index contributed by atoms with van der Waals surface area (Å²) in [6.07, 6.45) is 0. The Balaban J connectivity index is 2.38. The lowest BCUT2D eigenvalue weighted by molar-refractivity contribution is -0.141. The number of esters is 1. The van der Waals surface area contributed by atoms with E-state index in [9.17, 15) is 4.79 Å². The molecule has 0 unspecified atom stereocenters. The van der Waals surface area contributed by atoms with E-state index >= 15 is 0 Å². The van der Waals surface area contributed by atoms with E-state index in [2.05, 4.69) is 15.0 Å². The quantitative estimate of drug-likeness (QED) is 0.543. The van der Waals surface area contributed by atoms with Gasteiger partial charge in [-0.2, -0.15) is 10.2 Å². The third-order valence-electron chi connectivity index (χ3n) is 1.45. The molecule has 0 saturated carbocycles. The predicted octanol–water partition coefficient (Wildman–Crippen LogP) is 2.33. The van der Waals surface area contributed by atoms with Crippen molar-refractivity contribution in [2.75, 3.05) is 13.2 Å². The second kappa shape index (κ2) is 5.85. The summed E-state index contributed by atoms with van der Waals surface area (Å²) in [4.78, 5) is 10.9. The molecule has 0 bridgehead atoms. The molecule has 0 aliphatic carbocycles. The summed E-state index contributed by atoms with van der Waals surface area (Å²) in [7, 11) is 0. The molecule has 1 aromatic rings. The van der Waals surface area contributed by atoms with E-state index in [1.807, 2.05) is 30.3 Å². The van der Waals surface area contributed by atoms with Crippen LogP contribution >= 0.6 is 0 Å². The minimum absolute atomic E-state index is 0.0251. The van der Waals surface area contributed by atoms with Gasteiger partial charge in [0.25, 0.3) is 0 Å². The van der Waals surface area contributed by atoms with Gasteiger partial charge in [0, 0.05) is 0 Å². The number of rotatable bonds is 4. The van der Waals surface area contributed by atoms with E-state index in [1.54, 1.807) is 6.92 Å². The van der Waals surface area contributed by atoms with E-state index in [-0.39, 0.29) is 12.5 Å². The van der Waals surface area contributed by atoms with Gasteiger partial charge in [-0.1, -0.05) is 18.2 Å². The first kappa shape index (κ1) is 10.4. The molecular weight excluding hydrogens is 180 g/mol. The minimum Gasteiger partial charge on any atom is -0.465 e. The molecule has 0 aromatic heterocycles. The molecule has 0 fully saturated rings. The van der Waals surface area contributed by atoms with Gasteiger partial charge in [0.15, 0.2) is 6.54 Å². The van der Waals surface area contributed by atoms with Gasteiger partial charge in [0.1, 0.15) is 0 Å². The van der Waals surface area contributed by atoms with Crippen LogP contribution in [0.15, 0.2) is 40.6 Å². The van der Waals surface area contributed by atoms with E-state index in [4.69, 9.17) is 0 Å². The number of carbonyl (C=O) groups excluding carboxylic acids is 1. The van der Waals surface area contributed by atoms with Crippen LogP contribution in [0.4, 0.5) is 5.69 Å². The molecule has 4 nitrogen and oxygen atoms in total. The fraction of sp³-hybridized carbons (Fsp3) is 0.300. The van der Waals surface area contributed by atoms with Crippen LogP contribution in [0.3, 0.4) is 0 Å². The van der Waals surface area contributed by atoms with Crippen molar-refractivity contribution in [1.29, 1.82) is 0 Å². The van der Waals surface area contributed by atoms with Crippen molar-refractivity contribution in [2.24, 2.45) is 10.2 Å². The van der Waals surface area contributed by atoms with Crippen molar-refractivity contribution >= 4 is 11.7 Å². The molecule has 74 valence electrons. The number of carbonyl (C=O) groups is 1. The lowest BCUT2D eigenvalue weighted by Crippen LogP contribution is -2.06. The Hall–Kier alpha value is -1.71. The normalized spacial score (nSPS) is 10.4. The van der Waals surface area contributed by atoms with Crippen LogP contribution in [0.1, 0.15) is 6.92 Å². The maximum atomic E-state index is 10.9. The summed E-state index contributed by atoms with van der Waals surface area (Å²) in [6.45, 7) is 2.11. The first-order chi connectivity index (χ1) is 6.83. The van der Waals surface area contributed by atoms with Crippen molar-refractivity contribution in [3.63, 3.8) is 0 Å². The molecule has 4 heteroatoms. The van der Waals surface area contributed by atoms with E-state index in [1.165, 1.54) is 0 Å². The SMILES string of the molecule is CCOC(=O)CN=Nc1ccccc1. The molecule has 0 amide bonds. The van der Waals surface area contributed by atoms with Crippen molar-refractivity contribution < 1.29 is 9.53 Å².